The van der Waals surface area contributed by atoms with Crippen LogP contribution in [0.1, 0.15) is 12.0 Å². The van der Waals surface area contributed by atoms with E-state index in [1.165, 1.54) is 6.42 Å². The average molecular weight is 305 g/mol. The first-order valence-electron chi connectivity index (χ1n) is 5.48. The summed E-state index contributed by atoms with van der Waals surface area (Å²) in [6, 6.07) is 5.99. The molecule has 1 saturated heterocycles. The van der Waals surface area contributed by atoms with Crippen LogP contribution in [0.25, 0.3) is 0 Å². The number of nitrogens with one attached hydrogen (secondary N) is 1. The van der Waals surface area contributed by atoms with Crippen LogP contribution < -0.4 is 5.32 Å². The van der Waals surface area contributed by atoms with Crippen molar-refractivity contribution in [3.63, 3.8) is 0 Å². The van der Waals surface area contributed by atoms with Gasteiger partial charge in [-0.1, -0.05) is 33.6 Å². The molecule has 0 amide bonds. The molecular formula is C12H15BrClNO. The second kappa shape index (κ2) is 6.01. The number of rotatable bonds is 4. The SMILES string of the molecule is Clc1cc(Br)ccc1CNCC1CCOC1. The summed E-state index contributed by atoms with van der Waals surface area (Å²) in [6.07, 6.45) is 1.17. The molecule has 4 heteroatoms. The van der Waals surface area contributed by atoms with Crippen LogP contribution in [-0.4, -0.2) is 19.8 Å². The van der Waals surface area contributed by atoms with Crippen molar-refractivity contribution in [3.05, 3.63) is 33.3 Å². The number of hydrogen-bond donors (Lipinski definition) is 1. The van der Waals surface area contributed by atoms with Crippen LogP contribution in [-0.2, 0) is 11.3 Å². The van der Waals surface area contributed by atoms with Crippen molar-refractivity contribution >= 4 is 27.5 Å². The summed E-state index contributed by atoms with van der Waals surface area (Å²) >= 11 is 9.53. The van der Waals surface area contributed by atoms with E-state index in [4.69, 9.17) is 16.3 Å². The summed E-state index contributed by atoms with van der Waals surface area (Å²) in [7, 11) is 0. The van der Waals surface area contributed by atoms with Gasteiger partial charge in [0.05, 0.1) is 6.61 Å². The molecule has 1 aromatic rings. The maximum Gasteiger partial charge on any atom is 0.0507 e. The third-order valence-corrected chi connectivity index (χ3v) is 3.63. The van der Waals surface area contributed by atoms with Gasteiger partial charge in [-0.05, 0) is 30.0 Å². The van der Waals surface area contributed by atoms with Gasteiger partial charge in [0, 0.05) is 29.2 Å². The van der Waals surface area contributed by atoms with Gasteiger partial charge in [-0.3, -0.25) is 0 Å². The Bertz CT molecular complexity index is 353. The van der Waals surface area contributed by atoms with Crippen LogP contribution in [0.3, 0.4) is 0 Å². The lowest BCUT2D eigenvalue weighted by Gasteiger charge is -2.10. The summed E-state index contributed by atoms with van der Waals surface area (Å²) in [5, 5.41) is 4.23. The highest BCUT2D eigenvalue weighted by atomic mass is 79.9. The molecule has 2 rings (SSSR count). The molecule has 0 bridgehead atoms. The molecule has 1 heterocycles. The van der Waals surface area contributed by atoms with Crippen LogP contribution >= 0.6 is 27.5 Å². The third kappa shape index (κ3) is 3.45. The van der Waals surface area contributed by atoms with Gasteiger partial charge in [-0.25, -0.2) is 0 Å². The molecular weight excluding hydrogens is 289 g/mol. The highest BCUT2D eigenvalue weighted by Crippen LogP contribution is 2.21. The van der Waals surface area contributed by atoms with Crippen LogP contribution in [0.15, 0.2) is 22.7 Å². The molecule has 1 aliphatic heterocycles. The first-order valence-corrected chi connectivity index (χ1v) is 6.65. The van der Waals surface area contributed by atoms with Crippen molar-refractivity contribution < 1.29 is 4.74 Å². The normalized spacial score (nSPS) is 20.2. The Kier molecular flexibility index (Phi) is 4.65. The van der Waals surface area contributed by atoms with Gasteiger partial charge in [-0.2, -0.15) is 0 Å². The molecule has 0 saturated carbocycles. The topological polar surface area (TPSA) is 21.3 Å². The Balaban J connectivity index is 1.80. The molecule has 2 nitrogen and oxygen atoms in total. The monoisotopic (exact) mass is 303 g/mol. The fourth-order valence-electron chi connectivity index (χ4n) is 1.82. The molecule has 16 heavy (non-hydrogen) atoms. The van der Waals surface area contributed by atoms with Crippen molar-refractivity contribution in [3.8, 4) is 0 Å². The molecule has 0 aliphatic carbocycles. The number of hydrogen-bond acceptors (Lipinski definition) is 2. The molecule has 88 valence electrons. The van der Waals surface area contributed by atoms with E-state index in [-0.39, 0.29) is 0 Å². The van der Waals surface area contributed by atoms with Crippen LogP contribution in [0.5, 0.6) is 0 Å². The minimum absolute atomic E-state index is 0.661. The molecule has 1 unspecified atom stereocenters. The van der Waals surface area contributed by atoms with E-state index in [2.05, 4.69) is 21.2 Å². The molecule has 0 aromatic heterocycles. The average Bonchev–Trinajstić information content (AvgIpc) is 2.74. The zero-order chi connectivity index (χ0) is 11.4. The number of benzene rings is 1. The summed E-state index contributed by atoms with van der Waals surface area (Å²) < 4.78 is 6.35. The Labute approximate surface area is 109 Å². The minimum Gasteiger partial charge on any atom is -0.381 e. The lowest BCUT2D eigenvalue weighted by atomic mass is 10.1. The second-order valence-electron chi connectivity index (χ2n) is 4.10. The lowest BCUT2D eigenvalue weighted by Crippen LogP contribution is -2.22. The maximum atomic E-state index is 6.13. The van der Waals surface area contributed by atoms with E-state index < -0.39 is 0 Å². The van der Waals surface area contributed by atoms with Gasteiger partial charge in [-0.15, -0.1) is 0 Å². The largest absolute Gasteiger partial charge is 0.381 e. The molecule has 0 radical (unpaired) electrons. The van der Waals surface area contributed by atoms with E-state index in [1.807, 2.05) is 18.2 Å². The number of halogens is 2. The highest BCUT2D eigenvalue weighted by Gasteiger charge is 2.14. The Morgan fingerprint density at radius 3 is 3.06 bits per heavy atom. The Hall–Kier alpha value is -0.0900. The zero-order valence-electron chi connectivity index (χ0n) is 9.01. The van der Waals surface area contributed by atoms with Crippen LogP contribution in [0.4, 0.5) is 0 Å². The van der Waals surface area contributed by atoms with Crippen molar-refractivity contribution in [1.82, 2.24) is 5.32 Å². The molecule has 1 N–H and O–H groups in total. The van der Waals surface area contributed by atoms with Crippen LogP contribution in [0.2, 0.25) is 5.02 Å². The Morgan fingerprint density at radius 2 is 2.38 bits per heavy atom. The van der Waals surface area contributed by atoms with E-state index in [1.54, 1.807) is 0 Å². The standard InChI is InChI=1S/C12H15BrClNO/c13-11-2-1-10(12(14)5-11)7-15-6-9-3-4-16-8-9/h1-2,5,9,15H,3-4,6-8H2. The lowest BCUT2D eigenvalue weighted by molar-refractivity contribution is 0.185. The first-order chi connectivity index (χ1) is 7.75. The van der Waals surface area contributed by atoms with Gasteiger partial charge < -0.3 is 10.1 Å². The molecule has 1 aromatic carbocycles. The fourth-order valence-corrected chi connectivity index (χ4v) is 2.56. The summed E-state index contributed by atoms with van der Waals surface area (Å²) in [5.74, 6) is 0.661. The Morgan fingerprint density at radius 1 is 1.50 bits per heavy atom. The van der Waals surface area contributed by atoms with Crippen molar-refractivity contribution in [2.75, 3.05) is 19.8 Å². The highest BCUT2D eigenvalue weighted by molar-refractivity contribution is 9.10. The maximum absolute atomic E-state index is 6.13. The summed E-state index contributed by atoms with van der Waals surface area (Å²) in [6.45, 7) is 3.63. The van der Waals surface area contributed by atoms with E-state index in [0.29, 0.717) is 5.92 Å². The van der Waals surface area contributed by atoms with Gasteiger partial charge in [0.2, 0.25) is 0 Å². The second-order valence-corrected chi connectivity index (χ2v) is 5.42. The van der Waals surface area contributed by atoms with Crippen molar-refractivity contribution in [2.24, 2.45) is 5.92 Å². The predicted octanol–water partition coefficient (Wildman–Crippen LogP) is 3.23. The van der Waals surface area contributed by atoms with E-state index in [9.17, 15) is 0 Å². The van der Waals surface area contributed by atoms with Gasteiger partial charge >= 0.3 is 0 Å². The van der Waals surface area contributed by atoms with Crippen LogP contribution in [0, 0.1) is 5.92 Å². The summed E-state index contributed by atoms with van der Waals surface area (Å²) in [5.41, 5.74) is 1.14. The first kappa shape index (κ1) is 12.4. The zero-order valence-corrected chi connectivity index (χ0v) is 11.4. The van der Waals surface area contributed by atoms with E-state index in [0.717, 1.165) is 41.4 Å². The predicted molar refractivity (Wildman–Crippen MR) is 69.8 cm³/mol. The molecule has 1 aliphatic rings. The van der Waals surface area contributed by atoms with Gasteiger partial charge in [0.15, 0.2) is 0 Å². The van der Waals surface area contributed by atoms with Crippen molar-refractivity contribution in [1.29, 1.82) is 0 Å². The number of ether oxygens (including phenoxy) is 1. The van der Waals surface area contributed by atoms with Crippen molar-refractivity contribution in [2.45, 2.75) is 13.0 Å². The molecule has 1 fully saturated rings. The quantitative estimate of drug-likeness (QED) is 0.922. The molecule has 0 spiro atoms. The smallest absolute Gasteiger partial charge is 0.0507 e. The van der Waals surface area contributed by atoms with Gasteiger partial charge in [0.1, 0.15) is 0 Å². The minimum atomic E-state index is 0.661. The molecule has 1 atom stereocenters. The fraction of sp³-hybridized carbons (Fsp3) is 0.500. The third-order valence-electron chi connectivity index (χ3n) is 2.79. The van der Waals surface area contributed by atoms with E-state index >= 15 is 0 Å². The summed E-state index contributed by atoms with van der Waals surface area (Å²) in [4.78, 5) is 0. The van der Waals surface area contributed by atoms with Gasteiger partial charge in [0.25, 0.3) is 0 Å².